The van der Waals surface area contributed by atoms with Gasteiger partial charge in [-0.2, -0.15) is 0 Å². The Morgan fingerprint density at radius 2 is 2.18 bits per heavy atom. The largest absolute Gasteiger partial charge is 0.501 e. The van der Waals surface area contributed by atoms with Gasteiger partial charge in [-0.05, 0) is 6.08 Å². The monoisotopic (exact) mass is 152 g/mol. The van der Waals surface area contributed by atoms with Gasteiger partial charge in [0.1, 0.15) is 0 Å². The molecule has 0 amide bonds. The molecule has 0 saturated carbocycles. The molecule has 0 aliphatic carbocycles. The fourth-order valence-corrected chi connectivity index (χ4v) is 0.502. The Bertz CT molecular complexity index is 168. The summed E-state index contributed by atoms with van der Waals surface area (Å²) in [6.07, 6.45) is 6.35. The molecule has 2 heteroatoms. The van der Waals surface area contributed by atoms with Crippen molar-refractivity contribution in [3.05, 3.63) is 37.6 Å². The molecule has 0 aromatic heterocycles. The molecule has 0 bridgehead atoms. The van der Waals surface area contributed by atoms with E-state index >= 15 is 0 Å². The van der Waals surface area contributed by atoms with E-state index in [2.05, 4.69) is 13.2 Å². The normalized spacial score (nSPS) is 9.45. The second kappa shape index (κ2) is 6.81. The molecular formula is C9H12O2. The van der Waals surface area contributed by atoms with Crippen molar-refractivity contribution in [2.75, 3.05) is 6.61 Å². The fourth-order valence-electron chi connectivity index (χ4n) is 0.502. The number of carbonyl (C=O) groups is 1. The summed E-state index contributed by atoms with van der Waals surface area (Å²) >= 11 is 0. The zero-order valence-corrected chi connectivity index (χ0v) is 6.45. The molecule has 0 fully saturated rings. The molecule has 0 heterocycles. The molecule has 0 atom stereocenters. The van der Waals surface area contributed by atoms with Crippen LogP contribution in [0.5, 0.6) is 0 Å². The molecule has 0 aromatic rings. The van der Waals surface area contributed by atoms with Crippen LogP contribution in [-0.4, -0.2) is 12.4 Å². The van der Waals surface area contributed by atoms with Crippen LogP contribution in [0.1, 0.15) is 6.42 Å². The van der Waals surface area contributed by atoms with Crippen molar-refractivity contribution in [3.8, 4) is 0 Å². The van der Waals surface area contributed by atoms with Crippen LogP contribution in [0.15, 0.2) is 37.6 Å². The Morgan fingerprint density at radius 3 is 2.73 bits per heavy atom. The van der Waals surface area contributed by atoms with Crippen molar-refractivity contribution in [3.63, 3.8) is 0 Å². The number of ether oxygens (including phenoxy) is 1. The Balaban J connectivity index is 3.44. The third kappa shape index (κ3) is 6.58. The van der Waals surface area contributed by atoms with Gasteiger partial charge in [-0.3, -0.25) is 4.79 Å². The minimum atomic E-state index is 0.0340. The van der Waals surface area contributed by atoms with Crippen molar-refractivity contribution in [2.45, 2.75) is 6.42 Å². The van der Waals surface area contributed by atoms with E-state index in [9.17, 15) is 4.79 Å². The molecule has 60 valence electrons. The Kier molecular flexibility index (Phi) is 5.99. The average molecular weight is 152 g/mol. The van der Waals surface area contributed by atoms with Gasteiger partial charge in [0.2, 0.25) is 0 Å². The lowest BCUT2D eigenvalue weighted by molar-refractivity contribution is -0.115. The van der Waals surface area contributed by atoms with Gasteiger partial charge in [0.05, 0.1) is 12.9 Å². The summed E-state index contributed by atoms with van der Waals surface area (Å²) in [5.74, 6) is 0.0340. The first kappa shape index (κ1) is 9.69. The van der Waals surface area contributed by atoms with Crippen LogP contribution in [0.3, 0.4) is 0 Å². The summed E-state index contributed by atoms with van der Waals surface area (Å²) < 4.78 is 4.77. The number of ketones is 1. The summed E-state index contributed by atoms with van der Waals surface area (Å²) in [4.78, 5) is 10.8. The van der Waals surface area contributed by atoms with Crippen LogP contribution >= 0.6 is 0 Å². The van der Waals surface area contributed by atoms with Gasteiger partial charge in [0.25, 0.3) is 0 Å². The number of hydrogen-bond donors (Lipinski definition) is 0. The highest BCUT2D eigenvalue weighted by Crippen LogP contribution is 1.87. The van der Waals surface area contributed by atoms with E-state index in [1.54, 1.807) is 12.2 Å². The zero-order chi connectivity index (χ0) is 8.53. The third-order valence-electron chi connectivity index (χ3n) is 1.00. The van der Waals surface area contributed by atoms with Crippen molar-refractivity contribution in [1.82, 2.24) is 0 Å². The number of carbonyl (C=O) groups excluding carboxylic acids is 1. The van der Waals surface area contributed by atoms with Gasteiger partial charge >= 0.3 is 0 Å². The van der Waals surface area contributed by atoms with E-state index in [4.69, 9.17) is 4.74 Å². The Morgan fingerprint density at radius 1 is 1.45 bits per heavy atom. The fraction of sp³-hybridized carbons (Fsp3) is 0.222. The lowest BCUT2D eigenvalue weighted by Crippen LogP contribution is -1.97. The van der Waals surface area contributed by atoms with Crippen LogP contribution in [0.4, 0.5) is 0 Å². The first-order chi connectivity index (χ1) is 5.31. The number of allylic oxidation sites excluding steroid dienone is 3. The highest BCUT2D eigenvalue weighted by atomic mass is 16.5. The van der Waals surface area contributed by atoms with E-state index < -0.39 is 0 Å². The van der Waals surface area contributed by atoms with Crippen LogP contribution < -0.4 is 0 Å². The van der Waals surface area contributed by atoms with E-state index in [0.29, 0.717) is 13.0 Å². The van der Waals surface area contributed by atoms with Gasteiger partial charge in [-0.1, -0.05) is 25.3 Å². The third-order valence-corrected chi connectivity index (χ3v) is 1.00. The van der Waals surface area contributed by atoms with Crippen LogP contribution in [0.25, 0.3) is 0 Å². The highest BCUT2D eigenvalue weighted by Gasteiger charge is 1.93. The Hall–Kier alpha value is -1.31. The molecule has 0 N–H and O–H groups in total. The van der Waals surface area contributed by atoms with E-state index in [-0.39, 0.29) is 5.78 Å². The minimum absolute atomic E-state index is 0.0340. The molecule has 0 radical (unpaired) electrons. The maximum Gasteiger partial charge on any atom is 0.159 e. The predicted octanol–water partition coefficient (Wildman–Crippen LogP) is 1.85. The summed E-state index contributed by atoms with van der Waals surface area (Å²) in [5.41, 5.74) is 0. The SMILES string of the molecule is C=C/C=C/C(=O)CCOC=C. The van der Waals surface area contributed by atoms with Gasteiger partial charge < -0.3 is 4.74 Å². The smallest absolute Gasteiger partial charge is 0.159 e. The Labute approximate surface area is 66.9 Å². The molecule has 0 rings (SSSR count). The van der Waals surface area contributed by atoms with E-state index in [0.717, 1.165) is 0 Å². The molecule has 0 spiro atoms. The lowest BCUT2D eigenvalue weighted by atomic mass is 10.3. The first-order valence-electron chi connectivity index (χ1n) is 3.35. The van der Waals surface area contributed by atoms with Gasteiger partial charge in [0, 0.05) is 6.42 Å². The van der Waals surface area contributed by atoms with E-state index in [1.807, 2.05) is 0 Å². The van der Waals surface area contributed by atoms with Gasteiger partial charge in [-0.25, -0.2) is 0 Å². The maximum absolute atomic E-state index is 10.8. The van der Waals surface area contributed by atoms with Crippen molar-refractivity contribution in [2.24, 2.45) is 0 Å². The predicted molar refractivity (Wildman–Crippen MR) is 45.1 cm³/mol. The topological polar surface area (TPSA) is 26.3 Å². The van der Waals surface area contributed by atoms with Crippen molar-refractivity contribution < 1.29 is 9.53 Å². The number of rotatable bonds is 6. The molecule has 0 aromatic carbocycles. The molecular weight excluding hydrogens is 140 g/mol. The van der Waals surface area contributed by atoms with Crippen LogP contribution in [0, 0.1) is 0 Å². The lowest BCUT2D eigenvalue weighted by Gasteiger charge is -1.94. The summed E-state index contributed by atoms with van der Waals surface area (Å²) in [6, 6.07) is 0. The van der Waals surface area contributed by atoms with Crippen molar-refractivity contribution in [1.29, 1.82) is 0 Å². The average Bonchev–Trinajstić information content (AvgIpc) is 2.01. The second-order valence-electron chi connectivity index (χ2n) is 1.85. The summed E-state index contributed by atoms with van der Waals surface area (Å²) in [7, 11) is 0. The van der Waals surface area contributed by atoms with Gasteiger partial charge in [-0.15, -0.1) is 0 Å². The second-order valence-corrected chi connectivity index (χ2v) is 1.85. The molecule has 0 aliphatic rings. The summed E-state index contributed by atoms with van der Waals surface area (Å²) in [6.45, 7) is 7.19. The zero-order valence-electron chi connectivity index (χ0n) is 6.45. The summed E-state index contributed by atoms with van der Waals surface area (Å²) in [5, 5.41) is 0. The van der Waals surface area contributed by atoms with Gasteiger partial charge in [0.15, 0.2) is 5.78 Å². The van der Waals surface area contributed by atoms with Crippen LogP contribution in [0.2, 0.25) is 0 Å². The standard InChI is InChI=1S/C9H12O2/c1-3-5-6-9(10)7-8-11-4-2/h3-6H,1-2,7-8H2/b6-5+. The molecule has 11 heavy (non-hydrogen) atoms. The maximum atomic E-state index is 10.8. The minimum Gasteiger partial charge on any atom is -0.501 e. The van der Waals surface area contributed by atoms with Crippen LogP contribution in [-0.2, 0) is 9.53 Å². The number of hydrogen-bond acceptors (Lipinski definition) is 2. The quantitative estimate of drug-likeness (QED) is 0.251. The highest BCUT2D eigenvalue weighted by molar-refractivity contribution is 5.89. The van der Waals surface area contributed by atoms with Crippen molar-refractivity contribution >= 4 is 5.78 Å². The first-order valence-corrected chi connectivity index (χ1v) is 3.35. The molecule has 0 aliphatic heterocycles. The molecule has 0 unspecified atom stereocenters. The molecule has 2 nitrogen and oxygen atoms in total. The van der Waals surface area contributed by atoms with E-state index in [1.165, 1.54) is 12.3 Å². The molecule has 0 saturated heterocycles.